The summed E-state index contributed by atoms with van der Waals surface area (Å²) in [5, 5.41) is 11.2. The average Bonchev–Trinajstić information content (AvgIpc) is 2.47. The fourth-order valence-corrected chi connectivity index (χ4v) is 2.15. The minimum Gasteiger partial charge on any atom is -0.393 e. The highest BCUT2D eigenvalue weighted by atomic mass is 16.5. The lowest BCUT2D eigenvalue weighted by Gasteiger charge is -2.12. The molecule has 1 aromatic heterocycles. The third-order valence-corrected chi connectivity index (χ3v) is 3.22. The molecule has 0 saturated heterocycles. The number of ether oxygens (including phenoxy) is 2. The standard InChI is InChI=1S/C16H21NO3/c1-19-10-11-20-9-7-14(18)12-13-6-8-17-16-5-3-2-4-15(13)16/h2-6,8,14,18H,7,9-12H2,1H3. The number of para-hydroxylation sites is 1. The summed E-state index contributed by atoms with van der Waals surface area (Å²) >= 11 is 0. The molecule has 0 aliphatic rings. The Labute approximate surface area is 119 Å². The Morgan fingerprint density at radius 2 is 2.00 bits per heavy atom. The Hall–Kier alpha value is -1.49. The molecule has 0 saturated carbocycles. The van der Waals surface area contributed by atoms with Crippen molar-refractivity contribution in [2.24, 2.45) is 0 Å². The van der Waals surface area contributed by atoms with Gasteiger partial charge in [0.1, 0.15) is 0 Å². The van der Waals surface area contributed by atoms with Crippen LogP contribution in [0.25, 0.3) is 10.9 Å². The number of nitrogens with zero attached hydrogens (tertiary/aromatic N) is 1. The van der Waals surface area contributed by atoms with Crippen molar-refractivity contribution in [1.29, 1.82) is 0 Å². The van der Waals surface area contributed by atoms with Crippen LogP contribution in [0.5, 0.6) is 0 Å². The van der Waals surface area contributed by atoms with Gasteiger partial charge in [-0.05, 0) is 30.5 Å². The molecule has 4 nitrogen and oxygen atoms in total. The molecule has 4 heteroatoms. The Morgan fingerprint density at radius 1 is 1.15 bits per heavy atom. The lowest BCUT2D eigenvalue weighted by Crippen LogP contribution is -2.15. The summed E-state index contributed by atoms with van der Waals surface area (Å²) in [6.45, 7) is 1.71. The highest BCUT2D eigenvalue weighted by molar-refractivity contribution is 5.81. The Bertz CT molecular complexity index is 525. The van der Waals surface area contributed by atoms with Crippen molar-refractivity contribution in [2.75, 3.05) is 26.9 Å². The Morgan fingerprint density at radius 3 is 2.85 bits per heavy atom. The van der Waals surface area contributed by atoms with E-state index in [2.05, 4.69) is 4.98 Å². The fourth-order valence-electron chi connectivity index (χ4n) is 2.15. The number of pyridine rings is 1. The summed E-state index contributed by atoms with van der Waals surface area (Å²) in [6.07, 6.45) is 2.64. The molecule has 2 aromatic rings. The van der Waals surface area contributed by atoms with E-state index < -0.39 is 6.10 Å². The van der Waals surface area contributed by atoms with Gasteiger partial charge in [0.15, 0.2) is 0 Å². The van der Waals surface area contributed by atoms with Crippen LogP contribution in [-0.4, -0.2) is 43.1 Å². The number of rotatable bonds is 8. The van der Waals surface area contributed by atoms with E-state index in [0.717, 1.165) is 16.5 Å². The number of hydrogen-bond donors (Lipinski definition) is 1. The third-order valence-electron chi connectivity index (χ3n) is 3.22. The van der Waals surface area contributed by atoms with E-state index >= 15 is 0 Å². The van der Waals surface area contributed by atoms with E-state index in [0.29, 0.717) is 32.7 Å². The minimum atomic E-state index is -0.400. The number of fused-ring (bicyclic) bond motifs is 1. The maximum Gasteiger partial charge on any atom is 0.0704 e. The summed E-state index contributed by atoms with van der Waals surface area (Å²) in [7, 11) is 1.65. The van der Waals surface area contributed by atoms with Gasteiger partial charge in [-0.15, -0.1) is 0 Å². The van der Waals surface area contributed by atoms with Gasteiger partial charge in [0, 0.05) is 25.3 Å². The summed E-state index contributed by atoms with van der Waals surface area (Å²) in [5.41, 5.74) is 2.09. The van der Waals surface area contributed by atoms with Crippen molar-refractivity contribution in [2.45, 2.75) is 18.9 Å². The largest absolute Gasteiger partial charge is 0.393 e. The zero-order valence-electron chi connectivity index (χ0n) is 11.8. The molecule has 0 aliphatic heterocycles. The molecule has 2 rings (SSSR count). The van der Waals surface area contributed by atoms with Crippen molar-refractivity contribution in [1.82, 2.24) is 4.98 Å². The molecule has 108 valence electrons. The quantitative estimate of drug-likeness (QED) is 0.750. The minimum absolute atomic E-state index is 0.400. The van der Waals surface area contributed by atoms with Crippen molar-refractivity contribution < 1.29 is 14.6 Å². The van der Waals surface area contributed by atoms with Crippen LogP contribution in [0, 0.1) is 0 Å². The summed E-state index contributed by atoms with van der Waals surface area (Å²) in [5.74, 6) is 0. The van der Waals surface area contributed by atoms with Gasteiger partial charge >= 0.3 is 0 Å². The number of aromatic nitrogens is 1. The second-order valence-electron chi connectivity index (χ2n) is 4.74. The molecule has 0 aliphatic carbocycles. The van der Waals surface area contributed by atoms with Gasteiger partial charge in [0.25, 0.3) is 0 Å². The molecular formula is C16H21NO3. The van der Waals surface area contributed by atoms with E-state index in [-0.39, 0.29) is 0 Å². The lowest BCUT2D eigenvalue weighted by molar-refractivity contribution is 0.0479. The van der Waals surface area contributed by atoms with Crippen LogP contribution in [0.15, 0.2) is 36.5 Å². The fraction of sp³-hybridized carbons (Fsp3) is 0.438. The number of aliphatic hydroxyl groups excluding tert-OH is 1. The van der Waals surface area contributed by atoms with Gasteiger partial charge in [-0.3, -0.25) is 4.98 Å². The molecule has 1 aromatic carbocycles. The normalized spacial score (nSPS) is 12.7. The zero-order chi connectivity index (χ0) is 14.2. The Balaban J connectivity index is 1.88. The molecule has 0 amide bonds. The average molecular weight is 275 g/mol. The van der Waals surface area contributed by atoms with Gasteiger partial charge in [0.2, 0.25) is 0 Å². The van der Waals surface area contributed by atoms with Crippen LogP contribution >= 0.6 is 0 Å². The van der Waals surface area contributed by atoms with Gasteiger partial charge in [-0.1, -0.05) is 18.2 Å². The van der Waals surface area contributed by atoms with Gasteiger partial charge in [-0.2, -0.15) is 0 Å². The number of aliphatic hydroxyl groups is 1. The molecule has 1 atom stereocenters. The second kappa shape index (κ2) is 7.94. The van der Waals surface area contributed by atoms with Crippen LogP contribution in [0.3, 0.4) is 0 Å². The summed E-state index contributed by atoms with van der Waals surface area (Å²) < 4.78 is 10.3. The first-order chi connectivity index (χ1) is 9.81. The topological polar surface area (TPSA) is 51.6 Å². The maximum atomic E-state index is 10.1. The van der Waals surface area contributed by atoms with Gasteiger partial charge < -0.3 is 14.6 Å². The first-order valence-corrected chi connectivity index (χ1v) is 6.88. The maximum absolute atomic E-state index is 10.1. The summed E-state index contributed by atoms with van der Waals surface area (Å²) in [4.78, 5) is 4.32. The predicted molar refractivity (Wildman–Crippen MR) is 78.8 cm³/mol. The monoisotopic (exact) mass is 275 g/mol. The SMILES string of the molecule is COCCOCCC(O)Cc1ccnc2ccccc12. The lowest BCUT2D eigenvalue weighted by atomic mass is 10.0. The van der Waals surface area contributed by atoms with Crippen molar-refractivity contribution >= 4 is 10.9 Å². The van der Waals surface area contributed by atoms with Crippen LogP contribution in [-0.2, 0) is 15.9 Å². The molecule has 1 heterocycles. The van der Waals surface area contributed by atoms with E-state index in [1.165, 1.54) is 0 Å². The second-order valence-corrected chi connectivity index (χ2v) is 4.74. The van der Waals surface area contributed by atoms with Crippen molar-refractivity contribution in [3.8, 4) is 0 Å². The van der Waals surface area contributed by atoms with E-state index in [1.807, 2.05) is 30.3 Å². The molecule has 1 unspecified atom stereocenters. The first-order valence-electron chi connectivity index (χ1n) is 6.88. The molecule has 0 radical (unpaired) electrons. The predicted octanol–water partition coefficient (Wildman–Crippen LogP) is 2.19. The van der Waals surface area contributed by atoms with E-state index in [1.54, 1.807) is 13.3 Å². The number of benzene rings is 1. The Kier molecular flexibility index (Phi) is 5.92. The molecule has 1 N–H and O–H groups in total. The smallest absolute Gasteiger partial charge is 0.0704 e. The van der Waals surface area contributed by atoms with Crippen LogP contribution < -0.4 is 0 Å². The van der Waals surface area contributed by atoms with Crippen LogP contribution in [0.1, 0.15) is 12.0 Å². The first kappa shape index (κ1) is 14.9. The number of hydrogen-bond acceptors (Lipinski definition) is 4. The van der Waals surface area contributed by atoms with E-state index in [4.69, 9.17) is 9.47 Å². The highest BCUT2D eigenvalue weighted by Crippen LogP contribution is 2.18. The van der Waals surface area contributed by atoms with Gasteiger partial charge in [-0.25, -0.2) is 0 Å². The van der Waals surface area contributed by atoms with Crippen molar-refractivity contribution in [3.05, 3.63) is 42.1 Å². The molecule has 0 fully saturated rings. The van der Waals surface area contributed by atoms with Crippen LogP contribution in [0.4, 0.5) is 0 Å². The van der Waals surface area contributed by atoms with Crippen LogP contribution in [0.2, 0.25) is 0 Å². The molecular weight excluding hydrogens is 254 g/mol. The third kappa shape index (κ3) is 4.27. The van der Waals surface area contributed by atoms with Crippen molar-refractivity contribution in [3.63, 3.8) is 0 Å². The van der Waals surface area contributed by atoms with Gasteiger partial charge in [0.05, 0.1) is 24.8 Å². The molecule has 0 spiro atoms. The molecule has 20 heavy (non-hydrogen) atoms. The number of methoxy groups -OCH3 is 1. The highest BCUT2D eigenvalue weighted by Gasteiger charge is 2.08. The summed E-state index contributed by atoms with van der Waals surface area (Å²) in [6, 6.07) is 9.96. The zero-order valence-corrected chi connectivity index (χ0v) is 11.8. The van der Waals surface area contributed by atoms with E-state index in [9.17, 15) is 5.11 Å². The molecule has 0 bridgehead atoms.